The third-order valence-corrected chi connectivity index (χ3v) is 4.73. The van der Waals surface area contributed by atoms with Gasteiger partial charge in [-0.05, 0) is 48.6 Å². The molecule has 1 amide bonds. The first kappa shape index (κ1) is 18.2. The van der Waals surface area contributed by atoms with E-state index in [-0.39, 0.29) is 17.3 Å². The number of anilines is 1. The highest BCUT2D eigenvalue weighted by Gasteiger charge is 2.24. The van der Waals surface area contributed by atoms with Crippen LogP contribution in [0.15, 0.2) is 30.3 Å². The van der Waals surface area contributed by atoms with Gasteiger partial charge in [0.15, 0.2) is 11.6 Å². The number of ether oxygens (including phenoxy) is 1. The number of methoxy groups -OCH3 is 1. The maximum Gasteiger partial charge on any atom is 0.224 e. The van der Waals surface area contributed by atoms with E-state index >= 15 is 0 Å². The molecule has 3 aromatic rings. The van der Waals surface area contributed by atoms with E-state index in [1.807, 2.05) is 0 Å². The quantitative estimate of drug-likeness (QED) is 0.645. The van der Waals surface area contributed by atoms with Crippen LogP contribution in [0, 0.1) is 17.6 Å². The van der Waals surface area contributed by atoms with Crippen LogP contribution < -0.4 is 10.1 Å². The molecule has 2 aromatic carbocycles. The molecule has 1 aliphatic rings. The van der Waals surface area contributed by atoms with E-state index in [1.165, 1.54) is 19.2 Å². The van der Waals surface area contributed by atoms with E-state index in [9.17, 15) is 13.6 Å². The second kappa shape index (κ2) is 7.42. The zero-order valence-electron chi connectivity index (χ0n) is 15.3. The normalized spacial score (nSPS) is 14.0. The second-order valence-electron chi connectivity index (χ2n) is 6.91. The average Bonchev–Trinajstić information content (AvgIpc) is 3.40. The molecule has 1 heterocycles. The third kappa shape index (κ3) is 3.88. The molecule has 0 atom stereocenters. The summed E-state index contributed by atoms with van der Waals surface area (Å²) >= 11 is 0. The predicted molar refractivity (Wildman–Crippen MR) is 104 cm³/mol. The monoisotopic (exact) mass is 383 g/mol. The van der Waals surface area contributed by atoms with Crippen molar-refractivity contribution in [3.05, 3.63) is 53.2 Å². The Morgan fingerprint density at radius 3 is 2.82 bits per heavy atom. The van der Waals surface area contributed by atoms with Gasteiger partial charge < -0.3 is 10.1 Å². The lowest BCUT2D eigenvalue weighted by atomic mass is 10.1. The lowest BCUT2D eigenvalue weighted by molar-refractivity contribution is -0.116. The van der Waals surface area contributed by atoms with Crippen molar-refractivity contribution in [1.82, 2.24) is 10.2 Å². The Labute approximate surface area is 160 Å². The van der Waals surface area contributed by atoms with Crippen LogP contribution in [0.4, 0.5) is 14.5 Å². The molecule has 0 unspecified atom stereocenters. The molecule has 28 heavy (non-hydrogen) atoms. The lowest BCUT2D eigenvalue weighted by Crippen LogP contribution is -2.13. The highest BCUT2D eigenvalue weighted by Crippen LogP contribution is 2.33. The fourth-order valence-corrected chi connectivity index (χ4v) is 3.02. The number of H-pyrrole nitrogens is 1. The van der Waals surface area contributed by atoms with Crippen molar-refractivity contribution in [3.63, 3.8) is 0 Å². The lowest BCUT2D eigenvalue weighted by Gasteiger charge is -2.06. The van der Waals surface area contributed by atoms with E-state index in [2.05, 4.69) is 15.5 Å². The van der Waals surface area contributed by atoms with E-state index in [0.717, 1.165) is 18.4 Å². The van der Waals surface area contributed by atoms with Gasteiger partial charge in [0.05, 0.1) is 24.0 Å². The van der Waals surface area contributed by atoms with Crippen LogP contribution in [0.3, 0.4) is 0 Å². The summed E-state index contributed by atoms with van der Waals surface area (Å²) in [5.41, 5.74) is 1.97. The number of amides is 1. The number of aromatic nitrogens is 2. The molecular weight excluding hydrogens is 364 g/mol. The van der Waals surface area contributed by atoms with Gasteiger partial charge in [0.1, 0.15) is 5.82 Å². The summed E-state index contributed by atoms with van der Waals surface area (Å²) in [5, 5.41) is 10.3. The van der Waals surface area contributed by atoms with Crippen LogP contribution in [0.5, 0.6) is 5.75 Å². The van der Waals surface area contributed by atoms with Crippen LogP contribution in [-0.2, 0) is 4.79 Å². The van der Waals surface area contributed by atoms with Gasteiger partial charge in [0.2, 0.25) is 5.91 Å². The number of nitrogens with zero attached hydrogens (tertiary/aromatic N) is 1. The molecule has 7 heteroatoms. The summed E-state index contributed by atoms with van der Waals surface area (Å²) in [6.45, 7) is 0. The SMILES string of the molecule is COc1cc(/C=C/c2n[nH]c3cc(F)c(NC(=O)CC4CC4)cc23)ccc1F. The fourth-order valence-electron chi connectivity index (χ4n) is 3.02. The standard InChI is InChI=1S/C21H19F2N3O2/c1-28-20-8-12(4-6-15(20)22)5-7-17-14-10-19(16(23)11-18(14)26-25-17)24-21(27)9-13-2-3-13/h4-8,10-11,13H,2-3,9H2,1H3,(H,24,27)(H,25,26)/b7-5+. The number of rotatable bonds is 6. The van der Waals surface area contributed by atoms with Crippen molar-refractivity contribution in [2.24, 2.45) is 5.92 Å². The zero-order chi connectivity index (χ0) is 19.7. The molecule has 0 spiro atoms. The third-order valence-electron chi connectivity index (χ3n) is 4.73. The van der Waals surface area contributed by atoms with Crippen molar-refractivity contribution >= 4 is 34.6 Å². The number of hydrogen-bond donors (Lipinski definition) is 2. The molecule has 1 aromatic heterocycles. The first-order chi connectivity index (χ1) is 13.5. The van der Waals surface area contributed by atoms with Crippen LogP contribution in [0.2, 0.25) is 0 Å². The molecule has 2 N–H and O–H groups in total. The topological polar surface area (TPSA) is 67.0 Å². The Kier molecular flexibility index (Phi) is 4.81. The first-order valence-electron chi connectivity index (χ1n) is 9.02. The first-order valence-corrected chi connectivity index (χ1v) is 9.02. The van der Waals surface area contributed by atoms with Crippen molar-refractivity contribution < 1.29 is 18.3 Å². The van der Waals surface area contributed by atoms with Crippen molar-refractivity contribution in [3.8, 4) is 5.75 Å². The fraction of sp³-hybridized carbons (Fsp3) is 0.238. The van der Waals surface area contributed by atoms with Gasteiger partial charge in [-0.2, -0.15) is 5.10 Å². The minimum Gasteiger partial charge on any atom is -0.494 e. The Bertz CT molecular complexity index is 1070. The van der Waals surface area contributed by atoms with Crippen LogP contribution >= 0.6 is 0 Å². The minimum absolute atomic E-state index is 0.137. The maximum absolute atomic E-state index is 14.3. The Hall–Kier alpha value is -3.22. The van der Waals surface area contributed by atoms with Gasteiger partial charge in [-0.3, -0.25) is 9.89 Å². The zero-order valence-corrected chi connectivity index (χ0v) is 15.3. The minimum atomic E-state index is -0.515. The van der Waals surface area contributed by atoms with Gasteiger partial charge in [-0.1, -0.05) is 12.1 Å². The van der Waals surface area contributed by atoms with E-state index < -0.39 is 11.6 Å². The smallest absolute Gasteiger partial charge is 0.224 e. The van der Waals surface area contributed by atoms with Gasteiger partial charge in [-0.15, -0.1) is 0 Å². The number of carbonyl (C=O) groups is 1. The molecule has 0 bridgehead atoms. The van der Waals surface area contributed by atoms with E-state index in [4.69, 9.17) is 4.74 Å². The molecule has 1 saturated carbocycles. The Balaban J connectivity index is 1.60. The molecule has 1 aliphatic carbocycles. The number of fused-ring (bicyclic) bond motifs is 1. The summed E-state index contributed by atoms with van der Waals surface area (Å²) in [6.07, 6.45) is 6.02. The molecule has 0 radical (unpaired) electrons. The molecule has 1 fully saturated rings. The van der Waals surface area contributed by atoms with Gasteiger partial charge in [0.25, 0.3) is 0 Å². The number of halogens is 2. The van der Waals surface area contributed by atoms with Crippen molar-refractivity contribution in [2.75, 3.05) is 12.4 Å². The summed E-state index contributed by atoms with van der Waals surface area (Å²) in [5.74, 6) is -0.561. The van der Waals surface area contributed by atoms with Gasteiger partial charge in [0, 0.05) is 17.9 Å². The highest BCUT2D eigenvalue weighted by molar-refractivity contribution is 5.96. The van der Waals surface area contributed by atoms with Gasteiger partial charge >= 0.3 is 0 Å². The Morgan fingerprint density at radius 2 is 2.07 bits per heavy atom. The van der Waals surface area contributed by atoms with Crippen molar-refractivity contribution in [1.29, 1.82) is 0 Å². The van der Waals surface area contributed by atoms with E-state index in [1.54, 1.807) is 30.4 Å². The van der Waals surface area contributed by atoms with E-state index in [0.29, 0.717) is 28.9 Å². The molecule has 5 nitrogen and oxygen atoms in total. The average molecular weight is 383 g/mol. The maximum atomic E-state index is 14.3. The molecule has 144 valence electrons. The number of carbonyl (C=O) groups excluding carboxylic acids is 1. The van der Waals surface area contributed by atoms with Crippen LogP contribution in [0.25, 0.3) is 23.1 Å². The van der Waals surface area contributed by atoms with Crippen LogP contribution in [-0.4, -0.2) is 23.2 Å². The van der Waals surface area contributed by atoms with Crippen molar-refractivity contribution in [2.45, 2.75) is 19.3 Å². The summed E-state index contributed by atoms with van der Waals surface area (Å²) in [6, 6.07) is 7.40. The molecule has 0 aliphatic heterocycles. The largest absolute Gasteiger partial charge is 0.494 e. The second-order valence-corrected chi connectivity index (χ2v) is 6.91. The number of benzene rings is 2. The Morgan fingerprint density at radius 1 is 1.25 bits per heavy atom. The predicted octanol–water partition coefficient (Wildman–Crippen LogP) is 4.76. The summed E-state index contributed by atoms with van der Waals surface area (Å²) in [7, 11) is 1.40. The van der Waals surface area contributed by atoms with Crippen LogP contribution in [0.1, 0.15) is 30.5 Å². The summed E-state index contributed by atoms with van der Waals surface area (Å²) < 4.78 is 32.8. The number of nitrogens with one attached hydrogen (secondary N) is 2. The number of hydrogen-bond acceptors (Lipinski definition) is 3. The molecule has 4 rings (SSSR count). The molecule has 0 saturated heterocycles. The molecular formula is C21H19F2N3O2. The number of aromatic amines is 1. The van der Waals surface area contributed by atoms with Gasteiger partial charge in [-0.25, -0.2) is 8.78 Å². The highest BCUT2D eigenvalue weighted by atomic mass is 19.1. The summed E-state index contributed by atoms with van der Waals surface area (Å²) in [4.78, 5) is 12.0.